The first-order valence-corrected chi connectivity index (χ1v) is 14.8. The number of benzene rings is 2. The maximum Gasteiger partial charge on any atom is 0.407 e. The number of aromatic nitrogens is 3. The second-order valence-corrected chi connectivity index (χ2v) is 10.3. The fourth-order valence-electron chi connectivity index (χ4n) is 4.56. The van der Waals surface area contributed by atoms with Gasteiger partial charge in [0.15, 0.2) is 11.5 Å². The molecule has 2 amide bonds. The number of pyridine rings is 1. The molecule has 4 aromatic rings. The van der Waals surface area contributed by atoms with Crippen LogP contribution in [0.15, 0.2) is 79.3 Å². The molecule has 1 aliphatic rings. The number of anilines is 3. The third-order valence-corrected chi connectivity index (χ3v) is 6.96. The summed E-state index contributed by atoms with van der Waals surface area (Å²) in [7, 11) is 0. The fourth-order valence-corrected chi connectivity index (χ4v) is 4.56. The van der Waals surface area contributed by atoms with Gasteiger partial charge in [0.05, 0.1) is 49.3 Å². The summed E-state index contributed by atoms with van der Waals surface area (Å²) in [5.74, 6) is 0.196. The van der Waals surface area contributed by atoms with Crippen LogP contribution < -0.4 is 26.0 Å². The number of morpholine rings is 1. The van der Waals surface area contributed by atoms with E-state index in [4.69, 9.17) is 29.5 Å². The first-order valence-electron chi connectivity index (χ1n) is 14.8. The lowest BCUT2D eigenvalue weighted by Crippen LogP contribution is -2.36. The molecule has 14 nitrogen and oxygen atoms in total. The summed E-state index contributed by atoms with van der Waals surface area (Å²) in [5, 5.41) is 5.70. The average Bonchev–Trinajstić information content (AvgIpc) is 3.09. The number of amides is 2. The van der Waals surface area contributed by atoms with E-state index in [-0.39, 0.29) is 43.8 Å². The van der Waals surface area contributed by atoms with Crippen LogP contribution >= 0.6 is 13.5 Å². The average molecular weight is 676 g/mol. The van der Waals surface area contributed by atoms with Gasteiger partial charge in [-0.15, -0.1) is 0 Å². The molecule has 252 valence electrons. The summed E-state index contributed by atoms with van der Waals surface area (Å²) in [6, 6.07) is 18.5. The van der Waals surface area contributed by atoms with Crippen molar-refractivity contribution in [1.82, 2.24) is 20.3 Å². The zero-order valence-electron chi connectivity index (χ0n) is 26.3. The topological polar surface area (TPSA) is 188 Å². The van der Waals surface area contributed by atoms with Crippen LogP contribution in [0.5, 0.6) is 5.75 Å². The molecule has 0 unspecified atom stereocenters. The van der Waals surface area contributed by atoms with Crippen LogP contribution in [0.25, 0.3) is 11.3 Å². The Morgan fingerprint density at radius 3 is 2.46 bits per heavy atom. The minimum absolute atomic E-state index is 0. The van der Waals surface area contributed by atoms with Crippen LogP contribution in [0.4, 0.5) is 22.0 Å². The van der Waals surface area contributed by atoms with Crippen molar-refractivity contribution < 1.29 is 33.4 Å². The normalized spacial score (nSPS) is 12.6. The Morgan fingerprint density at radius 1 is 1.04 bits per heavy atom. The van der Waals surface area contributed by atoms with Gasteiger partial charge in [-0.3, -0.25) is 9.78 Å². The largest absolute Gasteiger partial charge is 0.494 e. The van der Waals surface area contributed by atoms with E-state index in [2.05, 4.69) is 30.5 Å². The second-order valence-electron chi connectivity index (χ2n) is 10.3. The maximum absolute atomic E-state index is 13.2. The van der Waals surface area contributed by atoms with Crippen LogP contribution in [0.2, 0.25) is 0 Å². The molecule has 0 bridgehead atoms. The molecule has 0 spiro atoms. The Labute approximate surface area is 284 Å². The van der Waals surface area contributed by atoms with E-state index in [1.165, 1.54) is 6.20 Å². The van der Waals surface area contributed by atoms with Crippen molar-refractivity contribution in [3.63, 3.8) is 0 Å². The van der Waals surface area contributed by atoms with Gasteiger partial charge in [-0.05, 0) is 42.8 Å². The lowest BCUT2D eigenvalue weighted by Gasteiger charge is -2.30. The van der Waals surface area contributed by atoms with Gasteiger partial charge in [-0.1, -0.05) is 30.3 Å². The first kappa shape index (κ1) is 37.0. The van der Waals surface area contributed by atoms with E-state index < -0.39 is 12.0 Å². The van der Waals surface area contributed by atoms with Gasteiger partial charge in [-0.2, -0.15) is 23.1 Å². The predicted octanol–water partition coefficient (Wildman–Crippen LogP) is 3.82. The van der Waals surface area contributed by atoms with E-state index in [9.17, 15) is 9.59 Å². The molecule has 1 aliphatic heterocycles. The number of carbonyl (C=O) groups excluding carboxylic acids is 4. The smallest absolute Gasteiger partial charge is 0.407 e. The zero-order chi connectivity index (χ0) is 33.4. The van der Waals surface area contributed by atoms with E-state index in [0.29, 0.717) is 56.5 Å². The first-order chi connectivity index (χ1) is 22.9. The molecule has 0 aliphatic carbocycles. The molecule has 15 heteroatoms. The van der Waals surface area contributed by atoms with E-state index >= 15 is 0 Å². The third kappa shape index (κ3) is 11.1. The molecule has 5 rings (SSSR count). The predicted molar refractivity (Wildman–Crippen MR) is 182 cm³/mol. The van der Waals surface area contributed by atoms with E-state index in [1.54, 1.807) is 12.4 Å². The number of hydrogen-bond donors (Lipinski definition) is 3. The standard InChI is InChI=1S/C32H35N7O5.CO2.H2S/c1-22(36-32(41)44-21-23-5-3-2-4-6-23)12-16-43-25-9-7-24(8-10-25)26-20-35-30(33)29(37-26)31(40)38-27-19-34-13-11-28(27)39-14-17-42-18-15-39;2-1-3;/h2-11,13,19-20,22H,12,14-18,21H2,1H3,(H2,33,35)(H,36,41)(H,38,40);;1H2/t22-;;/m1../s1. The molecule has 4 N–H and O–H groups in total. The quantitative estimate of drug-likeness (QED) is 0.209. The zero-order valence-corrected chi connectivity index (χ0v) is 27.3. The van der Waals surface area contributed by atoms with Crippen LogP contribution in [-0.2, 0) is 25.7 Å². The van der Waals surface area contributed by atoms with Gasteiger partial charge >= 0.3 is 12.2 Å². The number of rotatable bonds is 11. The maximum atomic E-state index is 13.2. The minimum Gasteiger partial charge on any atom is -0.494 e. The van der Waals surface area contributed by atoms with Gasteiger partial charge < -0.3 is 35.5 Å². The molecule has 0 saturated carbocycles. The van der Waals surface area contributed by atoms with Gasteiger partial charge in [0, 0.05) is 37.3 Å². The third-order valence-electron chi connectivity index (χ3n) is 6.96. The molecule has 1 fully saturated rings. The summed E-state index contributed by atoms with van der Waals surface area (Å²) < 4.78 is 16.6. The van der Waals surface area contributed by atoms with Crippen molar-refractivity contribution in [2.75, 3.05) is 48.9 Å². The van der Waals surface area contributed by atoms with Gasteiger partial charge in [0.25, 0.3) is 5.91 Å². The summed E-state index contributed by atoms with van der Waals surface area (Å²) in [4.78, 5) is 56.6. The minimum atomic E-state index is -0.481. The monoisotopic (exact) mass is 675 g/mol. The van der Waals surface area contributed by atoms with E-state index in [0.717, 1.165) is 16.8 Å². The van der Waals surface area contributed by atoms with Gasteiger partial charge in [0.2, 0.25) is 0 Å². The summed E-state index contributed by atoms with van der Waals surface area (Å²) in [6.07, 6.45) is 5.18. The number of nitrogens with one attached hydrogen (secondary N) is 2. The molecule has 3 heterocycles. The second kappa shape index (κ2) is 19.2. The van der Waals surface area contributed by atoms with Crippen molar-refractivity contribution in [2.45, 2.75) is 26.0 Å². The highest BCUT2D eigenvalue weighted by Crippen LogP contribution is 2.27. The number of alkyl carbamates (subject to hydrolysis) is 1. The summed E-state index contributed by atoms with van der Waals surface area (Å²) in [5.41, 5.74) is 9.63. The molecule has 2 aromatic carbocycles. The van der Waals surface area contributed by atoms with Gasteiger partial charge in [-0.25, -0.2) is 14.8 Å². The Bertz CT molecular complexity index is 1650. The Kier molecular flexibility index (Phi) is 14.8. The van der Waals surface area contributed by atoms with Crippen molar-refractivity contribution in [3.8, 4) is 17.0 Å². The molecule has 1 atom stereocenters. The van der Waals surface area contributed by atoms with Crippen molar-refractivity contribution in [3.05, 3.63) is 90.5 Å². The van der Waals surface area contributed by atoms with Crippen molar-refractivity contribution >= 4 is 48.8 Å². The summed E-state index contributed by atoms with van der Waals surface area (Å²) in [6.45, 7) is 5.15. The van der Waals surface area contributed by atoms with Crippen LogP contribution in [-0.4, -0.2) is 72.1 Å². The Morgan fingerprint density at radius 2 is 1.75 bits per heavy atom. The Hall–Kier alpha value is -5.50. The summed E-state index contributed by atoms with van der Waals surface area (Å²) >= 11 is 0. The lowest BCUT2D eigenvalue weighted by atomic mass is 10.1. The van der Waals surface area contributed by atoms with Crippen LogP contribution in [0, 0.1) is 0 Å². The van der Waals surface area contributed by atoms with Gasteiger partial charge in [0.1, 0.15) is 12.4 Å². The SMILES string of the molecule is C[C@H](CCOc1ccc(-c2cnc(N)c(C(=O)Nc3cnccc3N3CCOCC3)n2)cc1)NC(=O)OCc1ccccc1.O=C=O.S. The number of nitrogens with two attached hydrogens (primary N) is 1. The molecular weight excluding hydrogens is 638 g/mol. The lowest BCUT2D eigenvalue weighted by molar-refractivity contribution is -0.191. The number of hydrogen-bond acceptors (Lipinski definition) is 12. The molecule has 2 aromatic heterocycles. The van der Waals surface area contributed by atoms with E-state index in [1.807, 2.05) is 67.6 Å². The number of nitrogen functional groups attached to an aromatic ring is 1. The fraction of sp³-hybridized carbons (Fsp3) is 0.273. The highest BCUT2D eigenvalue weighted by atomic mass is 32.1. The molecular formula is C33H37N7O7S. The number of nitrogens with zero attached hydrogens (tertiary/aromatic N) is 4. The van der Waals surface area contributed by atoms with Crippen molar-refractivity contribution in [1.29, 1.82) is 0 Å². The number of ether oxygens (including phenoxy) is 3. The highest BCUT2D eigenvalue weighted by molar-refractivity contribution is 7.59. The van der Waals surface area contributed by atoms with Crippen molar-refractivity contribution in [2.24, 2.45) is 0 Å². The van der Waals surface area contributed by atoms with Crippen LogP contribution in [0.1, 0.15) is 29.4 Å². The molecule has 48 heavy (non-hydrogen) atoms. The highest BCUT2D eigenvalue weighted by Gasteiger charge is 2.20. The Balaban J connectivity index is 0.00000151. The number of carbonyl (C=O) groups is 2. The van der Waals surface area contributed by atoms with Crippen LogP contribution in [0.3, 0.4) is 0 Å². The molecule has 1 saturated heterocycles. The molecule has 0 radical (unpaired) electrons.